The van der Waals surface area contributed by atoms with Crippen LogP contribution in [0.1, 0.15) is 23.2 Å². The molecule has 2 amide bonds. The van der Waals surface area contributed by atoms with Gasteiger partial charge < -0.3 is 24.3 Å². The summed E-state index contributed by atoms with van der Waals surface area (Å²) in [6.45, 7) is 1.63. The highest BCUT2D eigenvalue weighted by Crippen LogP contribution is 2.25. The Bertz CT molecular complexity index is 1430. The molecule has 1 atom stereocenters. The lowest BCUT2D eigenvalue weighted by atomic mass is 10.2. The van der Waals surface area contributed by atoms with Crippen LogP contribution < -0.4 is 10.2 Å². The smallest absolute Gasteiger partial charge is 0.414 e. The van der Waals surface area contributed by atoms with Crippen molar-refractivity contribution >= 4 is 34.7 Å². The second-order valence-electron chi connectivity index (χ2n) is 8.13. The average molecular weight is 492 g/mol. The number of halogens is 1. The first-order chi connectivity index (χ1) is 17.4. The molecule has 1 aliphatic rings. The monoisotopic (exact) mass is 492 g/mol. The SMILES string of the molecule is CC(=O)NCC1CN(c2ccc(-n3cnc(C(=O)OCc4nc5ccccc5[nH]4)c3)c(F)c2)C(=O)O1. The van der Waals surface area contributed by atoms with Crippen LogP contribution in [0, 0.1) is 5.82 Å². The van der Waals surface area contributed by atoms with E-state index in [1.807, 2.05) is 24.3 Å². The molecule has 1 unspecified atom stereocenters. The molecule has 3 heterocycles. The number of para-hydroxylation sites is 2. The maximum atomic E-state index is 14.9. The maximum absolute atomic E-state index is 14.9. The van der Waals surface area contributed by atoms with Crippen LogP contribution >= 0.6 is 0 Å². The lowest BCUT2D eigenvalue weighted by Crippen LogP contribution is -2.33. The van der Waals surface area contributed by atoms with Crippen LogP contribution in [-0.2, 0) is 20.9 Å². The number of anilines is 1. The molecule has 36 heavy (non-hydrogen) atoms. The zero-order valence-electron chi connectivity index (χ0n) is 19.1. The van der Waals surface area contributed by atoms with Crippen LogP contribution in [0.2, 0.25) is 0 Å². The largest absolute Gasteiger partial charge is 0.453 e. The lowest BCUT2D eigenvalue weighted by Gasteiger charge is -2.14. The van der Waals surface area contributed by atoms with Crippen molar-refractivity contribution in [2.75, 3.05) is 18.0 Å². The molecule has 2 N–H and O–H groups in total. The van der Waals surface area contributed by atoms with Crippen LogP contribution in [0.25, 0.3) is 16.7 Å². The third kappa shape index (κ3) is 4.73. The number of ether oxygens (including phenoxy) is 2. The van der Waals surface area contributed by atoms with Gasteiger partial charge in [-0.25, -0.2) is 23.9 Å². The van der Waals surface area contributed by atoms with Gasteiger partial charge in [-0.05, 0) is 30.3 Å². The lowest BCUT2D eigenvalue weighted by molar-refractivity contribution is -0.119. The summed E-state index contributed by atoms with van der Waals surface area (Å²) in [6, 6.07) is 11.7. The molecule has 0 bridgehead atoms. The van der Waals surface area contributed by atoms with Crippen LogP contribution in [0.5, 0.6) is 0 Å². The Balaban J connectivity index is 1.24. The second-order valence-corrected chi connectivity index (χ2v) is 8.13. The van der Waals surface area contributed by atoms with Crippen LogP contribution in [0.15, 0.2) is 55.0 Å². The number of aromatic nitrogens is 4. The van der Waals surface area contributed by atoms with Crippen LogP contribution in [0.3, 0.4) is 0 Å². The Morgan fingerprint density at radius 3 is 2.89 bits per heavy atom. The summed E-state index contributed by atoms with van der Waals surface area (Å²) in [5.41, 5.74) is 2.02. The Morgan fingerprint density at radius 2 is 2.11 bits per heavy atom. The van der Waals surface area contributed by atoms with E-state index in [-0.39, 0.29) is 37.0 Å². The van der Waals surface area contributed by atoms with Crippen LogP contribution in [0.4, 0.5) is 14.9 Å². The summed E-state index contributed by atoms with van der Waals surface area (Å²) in [4.78, 5) is 48.4. The second kappa shape index (κ2) is 9.49. The summed E-state index contributed by atoms with van der Waals surface area (Å²) in [7, 11) is 0. The highest BCUT2D eigenvalue weighted by atomic mass is 19.1. The highest BCUT2D eigenvalue weighted by molar-refractivity contribution is 5.90. The third-order valence-electron chi connectivity index (χ3n) is 5.54. The zero-order chi connectivity index (χ0) is 25.2. The molecule has 1 saturated heterocycles. The number of carbonyl (C=O) groups excluding carboxylic acids is 3. The van der Waals surface area contributed by atoms with E-state index < -0.39 is 24.0 Å². The van der Waals surface area contributed by atoms with E-state index in [0.717, 1.165) is 11.0 Å². The number of nitrogens with one attached hydrogen (secondary N) is 2. The van der Waals surface area contributed by atoms with Gasteiger partial charge in [0.25, 0.3) is 0 Å². The van der Waals surface area contributed by atoms with Crippen molar-refractivity contribution in [3.63, 3.8) is 0 Å². The molecule has 1 fully saturated rings. The predicted molar refractivity (Wildman–Crippen MR) is 125 cm³/mol. The van der Waals surface area contributed by atoms with Crippen molar-refractivity contribution in [2.45, 2.75) is 19.6 Å². The minimum absolute atomic E-state index is 0.00137. The van der Waals surface area contributed by atoms with Crippen molar-refractivity contribution in [1.82, 2.24) is 24.8 Å². The van der Waals surface area contributed by atoms with Gasteiger partial charge in [0.15, 0.2) is 5.69 Å². The number of nitrogens with zero attached hydrogens (tertiary/aromatic N) is 4. The molecule has 0 spiro atoms. The van der Waals surface area contributed by atoms with Gasteiger partial charge in [-0.2, -0.15) is 0 Å². The number of H-pyrrole nitrogens is 1. The standard InChI is InChI=1S/C24H21FN6O5/c1-14(32)26-9-16-10-31(24(34)36-16)15-6-7-21(17(25)8-15)30-11-20(27-13-30)23(33)35-12-22-28-18-4-2-3-5-19(18)29-22/h2-8,11,13,16H,9-10,12H2,1H3,(H,26,32)(H,28,29). The molecular formula is C24H21FN6O5. The van der Waals surface area contributed by atoms with Gasteiger partial charge in [-0.1, -0.05) is 12.1 Å². The molecule has 1 aliphatic heterocycles. The molecule has 2 aromatic carbocycles. The summed E-state index contributed by atoms with van der Waals surface area (Å²) in [6.07, 6.45) is 1.48. The number of esters is 1. The summed E-state index contributed by atoms with van der Waals surface area (Å²) in [5.74, 6) is -1.06. The average Bonchev–Trinajstić information content (AvgIpc) is 3.59. The minimum atomic E-state index is -0.684. The summed E-state index contributed by atoms with van der Waals surface area (Å²) in [5, 5.41) is 2.59. The zero-order valence-corrected chi connectivity index (χ0v) is 19.1. The third-order valence-corrected chi connectivity index (χ3v) is 5.54. The first kappa shape index (κ1) is 23.0. The van der Waals surface area contributed by atoms with E-state index >= 15 is 0 Å². The Hall–Kier alpha value is -4.74. The fraction of sp³-hybridized carbons (Fsp3) is 0.208. The number of fused-ring (bicyclic) bond motifs is 1. The first-order valence-electron chi connectivity index (χ1n) is 11.0. The van der Waals surface area contributed by atoms with Crippen molar-refractivity contribution in [2.24, 2.45) is 0 Å². The Labute approximate surface area is 203 Å². The van der Waals surface area contributed by atoms with E-state index in [1.54, 1.807) is 6.07 Å². The number of hydrogen-bond donors (Lipinski definition) is 2. The molecule has 0 radical (unpaired) electrons. The molecule has 184 valence electrons. The Kier molecular flexibility index (Phi) is 6.07. The number of imidazole rings is 2. The normalized spacial score (nSPS) is 15.2. The number of cyclic esters (lactones) is 1. The van der Waals surface area contributed by atoms with Crippen molar-refractivity contribution in [3.05, 3.63) is 72.3 Å². The molecule has 11 nitrogen and oxygen atoms in total. The fourth-order valence-corrected chi connectivity index (χ4v) is 3.81. The maximum Gasteiger partial charge on any atom is 0.414 e. The highest BCUT2D eigenvalue weighted by Gasteiger charge is 2.32. The molecule has 0 saturated carbocycles. The predicted octanol–water partition coefficient (Wildman–Crippen LogP) is 2.71. The number of carbonyl (C=O) groups is 3. The van der Waals surface area contributed by atoms with Crippen molar-refractivity contribution in [3.8, 4) is 5.69 Å². The molecule has 4 aromatic rings. The van der Waals surface area contributed by atoms with E-state index in [9.17, 15) is 18.8 Å². The van der Waals surface area contributed by atoms with E-state index in [0.29, 0.717) is 11.5 Å². The van der Waals surface area contributed by atoms with Gasteiger partial charge in [0, 0.05) is 13.1 Å². The number of rotatable bonds is 7. The molecule has 2 aromatic heterocycles. The van der Waals surface area contributed by atoms with Crippen molar-refractivity contribution in [1.29, 1.82) is 0 Å². The number of benzene rings is 2. The van der Waals surface area contributed by atoms with E-state index in [1.165, 1.54) is 41.0 Å². The van der Waals surface area contributed by atoms with Crippen molar-refractivity contribution < 1.29 is 28.2 Å². The van der Waals surface area contributed by atoms with Gasteiger partial charge in [0.1, 0.15) is 30.7 Å². The molecule has 12 heteroatoms. The molecular weight excluding hydrogens is 471 g/mol. The number of amides is 2. The first-order valence-corrected chi connectivity index (χ1v) is 11.0. The topological polar surface area (TPSA) is 131 Å². The van der Waals surface area contributed by atoms with E-state index in [2.05, 4.69) is 20.3 Å². The quantitative estimate of drug-likeness (QED) is 0.379. The molecule has 0 aliphatic carbocycles. The number of hydrogen-bond acceptors (Lipinski definition) is 7. The van der Waals surface area contributed by atoms with Gasteiger partial charge in [-0.3, -0.25) is 9.69 Å². The van der Waals surface area contributed by atoms with Gasteiger partial charge >= 0.3 is 12.1 Å². The number of aromatic amines is 1. The van der Waals surface area contributed by atoms with Crippen LogP contribution in [-0.4, -0.2) is 56.7 Å². The minimum Gasteiger partial charge on any atom is -0.453 e. The van der Waals surface area contributed by atoms with Gasteiger partial charge in [0.05, 0.1) is 35.5 Å². The fourth-order valence-electron chi connectivity index (χ4n) is 3.81. The summed E-state index contributed by atoms with van der Waals surface area (Å²) < 4.78 is 26.8. The van der Waals surface area contributed by atoms with Gasteiger partial charge in [0.2, 0.25) is 5.91 Å². The Morgan fingerprint density at radius 1 is 1.28 bits per heavy atom. The van der Waals surface area contributed by atoms with Gasteiger partial charge in [-0.15, -0.1) is 0 Å². The molecule has 5 rings (SSSR count). The van der Waals surface area contributed by atoms with E-state index in [4.69, 9.17) is 9.47 Å². The summed E-state index contributed by atoms with van der Waals surface area (Å²) >= 11 is 0.